The molecule has 1 aromatic carbocycles. The Labute approximate surface area is 120 Å². The second-order valence-corrected chi connectivity index (χ2v) is 5.32. The molecule has 4 heteroatoms. The number of anilines is 1. The van der Waals surface area contributed by atoms with E-state index in [9.17, 15) is 0 Å². The predicted molar refractivity (Wildman–Crippen MR) is 82.1 cm³/mol. The second-order valence-electron chi connectivity index (χ2n) is 4.57. The number of rotatable bonds is 8. The summed E-state index contributed by atoms with van der Waals surface area (Å²) in [6.45, 7) is 6.87. The van der Waals surface area contributed by atoms with Gasteiger partial charge >= 0.3 is 0 Å². The lowest BCUT2D eigenvalue weighted by molar-refractivity contribution is 0.589. The van der Waals surface area contributed by atoms with Crippen molar-refractivity contribution in [3.05, 3.63) is 29.8 Å². The number of benzene rings is 1. The lowest BCUT2D eigenvalue weighted by Crippen LogP contribution is -2.27. The third kappa shape index (κ3) is 5.47. The van der Waals surface area contributed by atoms with Gasteiger partial charge in [0.2, 0.25) is 0 Å². The van der Waals surface area contributed by atoms with Crippen molar-refractivity contribution in [2.45, 2.75) is 26.4 Å². The van der Waals surface area contributed by atoms with E-state index in [1.807, 2.05) is 0 Å². The zero-order chi connectivity index (χ0) is 13.4. The van der Waals surface area contributed by atoms with Crippen LogP contribution in [0.2, 0.25) is 0 Å². The highest BCUT2D eigenvalue weighted by Crippen LogP contribution is 2.15. The van der Waals surface area contributed by atoms with E-state index in [2.05, 4.69) is 48.3 Å². The Kier molecular flexibility index (Phi) is 7.48. The Bertz CT molecular complexity index is 319. The first-order valence-corrected chi connectivity index (χ1v) is 7.43. The Balaban J connectivity index is 2.61. The fourth-order valence-electron chi connectivity index (χ4n) is 1.72. The summed E-state index contributed by atoms with van der Waals surface area (Å²) >= 11 is 11.6. The first-order valence-electron chi connectivity index (χ1n) is 6.36. The highest BCUT2D eigenvalue weighted by molar-refractivity contribution is 6.18. The van der Waals surface area contributed by atoms with E-state index in [1.54, 1.807) is 0 Å². The molecule has 0 unspecified atom stereocenters. The summed E-state index contributed by atoms with van der Waals surface area (Å²) in [5.74, 6) is 1.24. The third-order valence-electron chi connectivity index (χ3n) is 2.72. The standard InChI is InChI=1S/C14H22Cl2N2/c1-12(2)17-11-13-3-5-14(6-4-13)18(9-7-15)10-8-16/h3-6,12,17H,7-11H2,1-2H3. The SMILES string of the molecule is CC(C)NCc1ccc(N(CCCl)CCCl)cc1. The van der Waals surface area contributed by atoms with Crippen LogP contribution in [0.15, 0.2) is 24.3 Å². The molecule has 0 amide bonds. The minimum Gasteiger partial charge on any atom is -0.369 e. The lowest BCUT2D eigenvalue weighted by Gasteiger charge is -2.23. The summed E-state index contributed by atoms with van der Waals surface area (Å²) in [6, 6.07) is 9.08. The lowest BCUT2D eigenvalue weighted by atomic mass is 10.2. The van der Waals surface area contributed by atoms with Gasteiger partial charge in [-0.05, 0) is 17.7 Å². The van der Waals surface area contributed by atoms with E-state index in [4.69, 9.17) is 23.2 Å². The van der Waals surface area contributed by atoms with Gasteiger partial charge in [0.1, 0.15) is 0 Å². The number of hydrogen-bond donors (Lipinski definition) is 1. The van der Waals surface area contributed by atoms with Crippen molar-refractivity contribution in [2.75, 3.05) is 29.7 Å². The van der Waals surface area contributed by atoms with Gasteiger partial charge in [-0.3, -0.25) is 0 Å². The monoisotopic (exact) mass is 288 g/mol. The highest BCUT2D eigenvalue weighted by atomic mass is 35.5. The minimum absolute atomic E-state index is 0.508. The van der Waals surface area contributed by atoms with E-state index in [-0.39, 0.29) is 0 Å². The summed E-state index contributed by atoms with van der Waals surface area (Å²) in [5.41, 5.74) is 2.48. The average Bonchev–Trinajstić information content (AvgIpc) is 2.37. The Hall–Kier alpha value is -0.440. The molecule has 0 heterocycles. The number of nitrogens with one attached hydrogen (secondary N) is 1. The van der Waals surface area contributed by atoms with Crippen molar-refractivity contribution >= 4 is 28.9 Å². The van der Waals surface area contributed by atoms with Gasteiger partial charge in [0.15, 0.2) is 0 Å². The van der Waals surface area contributed by atoms with Crippen molar-refractivity contribution in [2.24, 2.45) is 0 Å². The van der Waals surface area contributed by atoms with Crippen LogP contribution in [0, 0.1) is 0 Å². The van der Waals surface area contributed by atoms with Crippen LogP contribution in [0.3, 0.4) is 0 Å². The van der Waals surface area contributed by atoms with Gasteiger partial charge < -0.3 is 10.2 Å². The number of alkyl halides is 2. The molecule has 0 atom stereocenters. The minimum atomic E-state index is 0.508. The summed E-state index contributed by atoms with van der Waals surface area (Å²) in [7, 11) is 0. The molecule has 2 nitrogen and oxygen atoms in total. The van der Waals surface area contributed by atoms with Gasteiger partial charge in [0.05, 0.1) is 0 Å². The maximum Gasteiger partial charge on any atom is 0.0399 e. The van der Waals surface area contributed by atoms with Crippen LogP contribution in [0.4, 0.5) is 5.69 Å². The van der Waals surface area contributed by atoms with Crippen molar-refractivity contribution in [1.82, 2.24) is 5.32 Å². The van der Waals surface area contributed by atoms with Gasteiger partial charge in [0.25, 0.3) is 0 Å². The number of hydrogen-bond acceptors (Lipinski definition) is 2. The van der Waals surface area contributed by atoms with Crippen LogP contribution in [-0.4, -0.2) is 30.9 Å². The molecule has 102 valence electrons. The number of halogens is 2. The Morgan fingerprint density at radius 3 is 2.06 bits per heavy atom. The van der Waals surface area contributed by atoms with Crippen LogP contribution >= 0.6 is 23.2 Å². The van der Waals surface area contributed by atoms with Crippen LogP contribution in [0.25, 0.3) is 0 Å². The van der Waals surface area contributed by atoms with E-state index < -0.39 is 0 Å². The molecule has 0 fully saturated rings. The molecule has 0 aliphatic carbocycles. The number of nitrogens with zero attached hydrogens (tertiary/aromatic N) is 1. The van der Waals surface area contributed by atoms with Gasteiger partial charge in [-0.1, -0.05) is 26.0 Å². The van der Waals surface area contributed by atoms with Crippen molar-refractivity contribution in [3.8, 4) is 0 Å². The Morgan fingerprint density at radius 2 is 1.61 bits per heavy atom. The highest BCUT2D eigenvalue weighted by Gasteiger charge is 2.05. The molecule has 0 aromatic heterocycles. The predicted octanol–water partition coefficient (Wildman–Crippen LogP) is 3.47. The maximum absolute atomic E-state index is 5.80. The fraction of sp³-hybridized carbons (Fsp3) is 0.571. The molecule has 1 aromatic rings. The third-order valence-corrected chi connectivity index (χ3v) is 3.06. The average molecular weight is 289 g/mol. The molecular formula is C14H22Cl2N2. The zero-order valence-corrected chi connectivity index (χ0v) is 12.6. The fourth-order valence-corrected chi connectivity index (χ4v) is 2.13. The normalized spacial score (nSPS) is 10.9. The molecule has 0 aliphatic heterocycles. The molecule has 0 saturated heterocycles. The molecule has 0 spiro atoms. The van der Waals surface area contributed by atoms with Crippen LogP contribution in [0.1, 0.15) is 19.4 Å². The Morgan fingerprint density at radius 1 is 1.06 bits per heavy atom. The van der Waals surface area contributed by atoms with Crippen molar-refractivity contribution in [1.29, 1.82) is 0 Å². The van der Waals surface area contributed by atoms with E-state index in [0.29, 0.717) is 17.8 Å². The van der Waals surface area contributed by atoms with Crippen LogP contribution in [0.5, 0.6) is 0 Å². The zero-order valence-electron chi connectivity index (χ0n) is 11.1. The summed E-state index contributed by atoms with van der Waals surface area (Å²) in [4.78, 5) is 2.21. The summed E-state index contributed by atoms with van der Waals surface area (Å²) in [5, 5.41) is 3.40. The molecule has 0 radical (unpaired) electrons. The molecule has 0 saturated carbocycles. The molecule has 1 N–H and O–H groups in total. The molecule has 0 aliphatic rings. The van der Waals surface area contributed by atoms with Crippen LogP contribution in [-0.2, 0) is 6.54 Å². The van der Waals surface area contributed by atoms with Crippen molar-refractivity contribution in [3.63, 3.8) is 0 Å². The maximum atomic E-state index is 5.80. The van der Waals surface area contributed by atoms with Gasteiger partial charge in [0, 0.05) is 43.1 Å². The second kappa shape index (κ2) is 8.63. The van der Waals surface area contributed by atoms with Crippen LogP contribution < -0.4 is 10.2 Å². The van der Waals surface area contributed by atoms with Gasteiger partial charge in [-0.2, -0.15) is 0 Å². The first-order chi connectivity index (χ1) is 8.67. The quantitative estimate of drug-likeness (QED) is 0.737. The van der Waals surface area contributed by atoms with E-state index >= 15 is 0 Å². The van der Waals surface area contributed by atoms with Gasteiger partial charge in [-0.25, -0.2) is 0 Å². The summed E-state index contributed by atoms with van der Waals surface area (Å²) < 4.78 is 0. The molecular weight excluding hydrogens is 267 g/mol. The molecule has 0 bridgehead atoms. The van der Waals surface area contributed by atoms with E-state index in [1.165, 1.54) is 11.3 Å². The smallest absolute Gasteiger partial charge is 0.0399 e. The molecule has 1 rings (SSSR count). The van der Waals surface area contributed by atoms with Gasteiger partial charge in [-0.15, -0.1) is 23.2 Å². The molecule has 18 heavy (non-hydrogen) atoms. The van der Waals surface area contributed by atoms with Crippen molar-refractivity contribution < 1.29 is 0 Å². The summed E-state index contributed by atoms with van der Waals surface area (Å²) in [6.07, 6.45) is 0. The largest absolute Gasteiger partial charge is 0.369 e. The topological polar surface area (TPSA) is 15.3 Å². The van der Waals surface area contributed by atoms with E-state index in [0.717, 1.165) is 19.6 Å². The first kappa shape index (κ1) is 15.6.